The second-order valence-electron chi connectivity index (χ2n) is 4.78. The summed E-state index contributed by atoms with van der Waals surface area (Å²) in [6, 6.07) is 5.51. The van der Waals surface area contributed by atoms with Crippen LogP contribution in [-0.4, -0.2) is 43.5 Å². The Kier molecular flexibility index (Phi) is 4.27. The van der Waals surface area contributed by atoms with Crippen LogP contribution in [0.1, 0.15) is 29.8 Å². The number of carbonyl (C=O) groups is 2. The third-order valence-electron chi connectivity index (χ3n) is 3.74. The summed E-state index contributed by atoms with van der Waals surface area (Å²) in [5.41, 5.74) is 2.61. The van der Waals surface area contributed by atoms with Crippen molar-refractivity contribution in [1.29, 1.82) is 0 Å². The monoisotopic (exact) mass is 275 g/mol. The van der Waals surface area contributed by atoms with E-state index in [0.717, 1.165) is 17.7 Å². The topological polar surface area (TPSA) is 52.7 Å². The highest BCUT2D eigenvalue weighted by atomic mass is 16.2. The van der Waals surface area contributed by atoms with E-state index in [1.165, 1.54) is 0 Å². The molecule has 1 aliphatic heterocycles. The van der Waals surface area contributed by atoms with Gasteiger partial charge in [-0.1, -0.05) is 6.07 Å². The Labute approximate surface area is 119 Å². The first-order valence-electron chi connectivity index (χ1n) is 7.03. The van der Waals surface area contributed by atoms with Crippen LogP contribution in [0.2, 0.25) is 0 Å². The van der Waals surface area contributed by atoms with Crippen LogP contribution in [0.4, 0.5) is 10.5 Å². The predicted octanol–water partition coefficient (Wildman–Crippen LogP) is 1.87. The van der Waals surface area contributed by atoms with Crippen LogP contribution in [0.5, 0.6) is 0 Å². The first-order chi connectivity index (χ1) is 9.62. The molecule has 1 aromatic carbocycles. The zero-order chi connectivity index (χ0) is 14.7. The van der Waals surface area contributed by atoms with Gasteiger partial charge >= 0.3 is 6.03 Å². The molecule has 0 spiro atoms. The summed E-state index contributed by atoms with van der Waals surface area (Å²) < 4.78 is 0. The number of nitrogens with zero attached hydrogens (tertiary/aromatic N) is 2. The Bertz CT molecular complexity index is 524. The number of nitrogens with one attached hydrogen (secondary N) is 1. The van der Waals surface area contributed by atoms with Crippen LogP contribution in [0, 0.1) is 0 Å². The van der Waals surface area contributed by atoms with Gasteiger partial charge in [0.05, 0.1) is 0 Å². The van der Waals surface area contributed by atoms with Crippen LogP contribution in [-0.2, 0) is 6.42 Å². The molecule has 5 heteroatoms. The summed E-state index contributed by atoms with van der Waals surface area (Å²) in [5.74, 6) is 0.0153. The first-order valence-corrected chi connectivity index (χ1v) is 7.03. The van der Waals surface area contributed by atoms with Gasteiger partial charge in [-0.3, -0.25) is 9.69 Å². The van der Waals surface area contributed by atoms with Gasteiger partial charge in [0.2, 0.25) is 0 Å². The summed E-state index contributed by atoms with van der Waals surface area (Å²) in [6.45, 7) is 5.96. The molecule has 0 aromatic heterocycles. The van der Waals surface area contributed by atoms with Crippen LogP contribution >= 0.6 is 0 Å². The van der Waals surface area contributed by atoms with Crippen LogP contribution in [0.25, 0.3) is 0 Å². The van der Waals surface area contributed by atoms with Gasteiger partial charge in [0.25, 0.3) is 5.91 Å². The van der Waals surface area contributed by atoms with E-state index in [9.17, 15) is 9.59 Å². The number of fused-ring (bicyclic) bond motifs is 1. The molecule has 20 heavy (non-hydrogen) atoms. The molecule has 0 fully saturated rings. The molecule has 0 aliphatic carbocycles. The number of hydrogen-bond donors (Lipinski definition) is 1. The minimum Gasteiger partial charge on any atom is -0.341 e. The highest BCUT2D eigenvalue weighted by Gasteiger charge is 2.25. The fourth-order valence-electron chi connectivity index (χ4n) is 2.55. The number of carbonyl (C=O) groups excluding carboxylic acids is 2. The molecule has 1 aromatic rings. The van der Waals surface area contributed by atoms with Crippen molar-refractivity contribution < 1.29 is 9.59 Å². The average molecular weight is 275 g/mol. The van der Waals surface area contributed by atoms with Crippen LogP contribution in [0.15, 0.2) is 18.2 Å². The molecular weight excluding hydrogens is 254 g/mol. The molecule has 3 amide bonds. The highest BCUT2D eigenvalue weighted by molar-refractivity contribution is 5.99. The van der Waals surface area contributed by atoms with Gasteiger partial charge in [0.1, 0.15) is 0 Å². The van der Waals surface area contributed by atoms with Crippen molar-refractivity contribution in [1.82, 2.24) is 10.2 Å². The Hall–Kier alpha value is -2.04. The molecular formula is C15H21N3O2. The van der Waals surface area contributed by atoms with Gasteiger partial charge in [-0.15, -0.1) is 0 Å². The van der Waals surface area contributed by atoms with Crippen LogP contribution in [0.3, 0.4) is 0 Å². The van der Waals surface area contributed by atoms with Crippen molar-refractivity contribution in [2.24, 2.45) is 0 Å². The van der Waals surface area contributed by atoms with Gasteiger partial charge in [0.15, 0.2) is 0 Å². The lowest BCUT2D eigenvalue weighted by Gasteiger charge is -2.20. The van der Waals surface area contributed by atoms with E-state index in [0.29, 0.717) is 25.2 Å². The molecule has 0 atom stereocenters. The summed E-state index contributed by atoms with van der Waals surface area (Å²) in [5, 5.41) is 2.63. The van der Waals surface area contributed by atoms with Crippen molar-refractivity contribution in [2.45, 2.75) is 20.3 Å². The SMILES string of the molecule is CCN(CC)C(=O)c1ccc2c(c1)N(C(=O)NC)CC2. The lowest BCUT2D eigenvalue weighted by molar-refractivity contribution is 0.0773. The second kappa shape index (κ2) is 5.94. The van der Waals surface area contributed by atoms with Gasteiger partial charge < -0.3 is 10.2 Å². The van der Waals surface area contributed by atoms with Crippen molar-refractivity contribution in [3.63, 3.8) is 0 Å². The molecule has 5 nitrogen and oxygen atoms in total. The van der Waals surface area contributed by atoms with E-state index in [-0.39, 0.29) is 11.9 Å². The number of benzene rings is 1. The number of hydrogen-bond acceptors (Lipinski definition) is 2. The largest absolute Gasteiger partial charge is 0.341 e. The van der Waals surface area contributed by atoms with Crippen molar-refractivity contribution in [3.8, 4) is 0 Å². The molecule has 108 valence electrons. The molecule has 0 unspecified atom stereocenters. The fourth-order valence-corrected chi connectivity index (χ4v) is 2.55. The molecule has 1 N–H and O–H groups in total. The lowest BCUT2D eigenvalue weighted by Crippen LogP contribution is -2.37. The number of urea groups is 1. The molecule has 1 aliphatic rings. The van der Waals surface area contributed by atoms with Gasteiger partial charge in [0, 0.05) is 37.9 Å². The lowest BCUT2D eigenvalue weighted by atomic mass is 10.1. The predicted molar refractivity (Wildman–Crippen MR) is 79.2 cm³/mol. The van der Waals surface area contributed by atoms with E-state index in [2.05, 4.69) is 5.32 Å². The summed E-state index contributed by atoms with van der Waals surface area (Å²) in [4.78, 5) is 27.7. The molecule has 0 saturated heterocycles. The Morgan fingerprint density at radius 1 is 1.30 bits per heavy atom. The average Bonchev–Trinajstić information content (AvgIpc) is 2.90. The minimum atomic E-state index is -0.129. The highest BCUT2D eigenvalue weighted by Crippen LogP contribution is 2.29. The van der Waals surface area contributed by atoms with E-state index in [1.807, 2.05) is 32.0 Å². The smallest absolute Gasteiger partial charge is 0.321 e. The first kappa shape index (κ1) is 14.4. The van der Waals surface area contributed by atoms with Crippen molar-refractivity contribution in [2.75, 3.05) is 31.6 Å². The maximum Gasteiger partial charge on any atom is 0.321 e. The van der Waals surface area contributed by atoms with Gasteiger partial charge in [-0.05, 0) is 38.0 Å². The standard InChI is InChI=1S/C15H21N3O2/c1-4-17(5-2)14(19)12-7-6-11-8-9-18(13(11)10-12)15(20)16-3/h6-7,10H,4-5,8-9H2,1-3H3,(H,16,20). The maximum absolute atomic E-state index is 12.4. The molecule has 0 bridgehead atoms. The quantitative estimate of drug-likeness (QED) is 0.915. The van der Waals surface area contributed by atoms with Gasteiger partial charge in [-0.2, -0.15) is 0 Å². The normalized spacial score (nSPS) is 13.1. The summed E-state index contributed by atoms with van der Waals surface area (Å²) in [6.07, 6.45) is 0.836. The van der Waals surface area contributed by atoms with Crippen LogP contribution < -0.4 is 10.2 Å². The Balaban J connectivity index is 2.32. The van der Waals surface area contributed by atoms with Crippen molar-refractivity contribution in [3.05, 3.63) is 29.3 Å². The summed E-state index contributed by atoms with van der Waals surface area (Å²) >= 11 is 0. The minimum absolute atomic E-state index is 0.0153. The Morgan fingerprint density at radius 3 is 2.60 bits per heavy atom. The maximum atomic E-state index is 12.4. The molecule has 0 saturated carbocycles. The summed E-state index contributed by atoms with van der Waals surface area (Å²) in [7, 11) is 1.62. The Morgan fingerprint density at radius 2 is 2.00 bits per heavy atom. The third-order valence-corrected chi connectivity index (χ3v) is 3.74. The zero-order valence-electron chi connectivity index (χ0n) is 12.3. The zero-order valence-corrected chi connectivity index (χ0v) is 12.3. The number of amides is 3. The second-order valence-corrected chi connectivity index (χ2v) is 4.78. The molecule has 0 radical (unpaired) electrons. The number of rotatable bonds is 3. The number of anilines is 1. The van der Waals surface area contributed by atoms with Crippen molar-refractivity contribution >= 4 is 17.6 Å². The molecule has 2 rings (SSSR count). The van der Waals surface area contributed by atoms with E-state index in [4.69, 9.17) is 0 Å². The van der Waals surface area contributed by atoms with Gasteiger partial charge in [-0.25, -0.2) is 4.79 Å². The fraction of sp³-hybridized carbons (Fsp3) is 0.467. The van der Waals surface area contributed by atoms with E-state index in [1.54, 1.807) is 16.8 Å². The third kappa shape index (κ3) is 2.48. The van der Waals surface area contributed by atoms with E-state index < -0.39 is 0 Å². The molecule has 1 heterocycles. The van der Waals surface area contributed by atoms with E-state index >= 15 is 0 Å².